The van der Waals surface area contributed by atoms with Gasteiger partial charge >= 0.3 is 0 Å². The smallest absolute Gasteiger partial charge is 0.138 e. The molecule has 0 fully saturated rings. The highest BCUT2D eigenvalue weighted by atomic mass is 15.1. The van der Waals surface area contributed by atoms with Crippen molar-refractivity contribution in [3.05, 3.63) is 236 Å². The molecule has 64 heavy (non-hydrogen) atoms. The Bertz CT molecular complexity index is 3570. The van der Waals surface area contributed by atoms with E-state index in [0.29, 0.717) is 5.56 Å². The van der Waals surface area contributed by atoms with Gasteiger partial charge < -0.3 is 4.57 Å². The number of benzene rings is 9. The summed E-state index contributed by atoms with van der Waals surface area (Å²) in [4.78, 5) is 5.46. The van der Waals surface area contributed by atoms with Crippen LogP contribution >= 0.6 is 0 Å². The topological polar surface area (TPSA) is 46.5 Å². The number of rotatable bonds is 7. The molecular formula is C60H38N4. The third-order valence-electron chi connectivity index (χ3n) is 12.6. The number of pyridine rings is 1. The van der Waals surface area contributed by atoms with Crippen molar-refractivity contribution in [3.8, 4) is 73.2 Å². The summed E-state index contributed by atoms with van der Waals surface area (Å²) < 4.78 is 4.69. The lowest BCUT2D eigenvalue weighted by Gasteiger charge is -2.17. The van der Waals surface area contributed by atoms with Gasteiger partial charge in [0, 0.05) is 27.1 Å². The van der Waals surface area contributed by atoms with Crippen LogP contribution in [0.15, 0.2) is 231 Å². The van der Waals surface area contributed by atoms with Crippen LogP contribution in [0.5, 0.6) is 0 Å². The molecule has 12 aromatic rings. The molecule has 0 unspecified atom stereocenters. The highest BCUT2D eigenvalue weighted by molar-refractivity contribution is 6.13. The number of nitrogens with zero attached hydrogens (tertiary/aromatic N) is 4. The molecule has 0 bridgehead atoms. The van der Waals surface area contributed by atoms with E-state index in [1.54, 1.807) is 0 Å². The Kier molecular flexibility index (Phi) is 8.84. The number of hydrogen-bond acceptors (Lipinski definition) is 2. The number of nitriles is 1. The van der Waals surface area contributed by atoms with Crippen molar-refractivity contribution in [3.63, 3.8) is 0 Å². The van der Waals surface area contributed by atoms with E-state index in [-0.39, 0.29) is 0 Å². The molecule has 12 rings (SSSR count). The van der Waals surface area contributed by atoms with Crippen LogP contribution in [0.4, 0.5) is 0 Å². The maximum atomic E-state index is 10.2. The van der Waals surface area contributed by atoms with Crippen LogP contribution in [-0.4, -0.2) is 14.1 Å². The third kappa shape index (κ3) is 6.26. The Morgan fingerprint density at radius 3 is 1.09 bits per heavy atom. The molecular weight excluding hydrogens is 777 g/mol. The first kappa shape index (κ1) is 37.0. The summed E-state index contributed by atoms with van der Waals surface area (Å²) in [5, 5.41) is 14.8. The quantitative estimate of drug-likeness (QED) is 0.161. The first-order valence-electron chi connectivity index (χ1n) is 21.6. The number of hydrogen-bond donors (Lipinski definition) is 0. The van der Waals surface area contributed by atoms with Crippen molar-refractivity contribution in [2.75, 3.05) is 0 Å². The second kappa shape index (κ2) is 15.3. The molecule has 0 amide bonds. The van der Waals surface area contributed by atoms with E-state index in [0.717, 1.165) is 111 Å². The van der Waals surface area contributed by atoms with Gasteiger partial charge in [0.1, 0.15) is 5.82 Å². The van der Waals surface area contributed by atoms with Gasteiger partial charge in [0.15, 0.2) is 0 Å². The predicted octanol–water partition coefficient (Wildman–Crippen LogP) is 15.5. The maximum absolute atomic E-state index is 10.2. The van der Waals surface area contributed by atoms with Crippen LogP contribution in [0.2, 0.25) is 0 Å². The van der Waals surface area contributed by atoms with Crippen molar-refractivity contribution in [1.29, 1.82) is 5.26 Å². The molecule has 0 N–H and O–H groups in total. The molecule has 0 atom stereocenters. The third-order valence-corrected chi connectivity index (χ3v) is 12.6. The zero-order chi connectivity index (χ0) is 42.6. The molecule has 9 aromatic carbocycles. The summed E-state index contributed by atoms with van der Waals surface area (Å²) in [6.07, 6.45) is 2.03. The molecule has 3 heterocycles. The lowest BCUT2D eigenvalue weighted by molar-refractivity contribution is 1.06. The first-order valence-corrected chi connectivity index (χ1v) is 21.6. The molecule has 0 radical (unpaired) electrons. The normalized spacial score (nSPS) is 11.4. The van der Waals surface area contributed by atoms with Gasteiger partial charge in [0.05, 0.1) is 45.6 Å². The fourth-order valence-electron chi connectivity index (χ4n) is 9.51. The van der Waals surface area contributed by atoms with Gasteiger partial charge in [-0.05, 0) is 92.5 Å². The maximum Gasteiger partial charge on any atom is 0.138 e. The van der Waals surface area contributed by atoms with Gasteiger partial charge in [-0.25, -0.2) is 4.98 Å². The Balaban J connectivity index is 1.17. The van der Waals surface area contributed by atoms with Gasteiger partial charge in [-0.2, -0.15) is 5.26 Å². The molecule has 4 nitrogen and oxygen atoms in total. The average molecular weight is 815 g/mol. The molecule has 0 aliphatic rings. The van der Waals surface area contributed by atoms with Crippen molar-refractivity contribution in [1.82, 2.24) is 14.1 Å². The summed E-state index contributed by atoms with van der Waals surface area (Å²) >= 11 is 0. The van der Waals surface area contributed by atoms with Gasteiger partial charge in [-0.3, -0.25) is 4.57 Å². The highest BCUT2D eigenvalue weighted by Gasteiger charge is 2.22. The second-order valence-electron chi connectivity index (χ2n) is 16.3. The van der Waals surface area contributed by atoms with E-state index in [4.69, 9.17) is 4.98 Å². The van der Waals surface area contributed by atoms with Crippen LogP contribution in [0.25, 0.3) is 111 Å². The molecule has 298 valence electrons. The van der Waals surface area contributed by atoms with E-state index < -0.39 is 0 Å². The van der Waals surface area contributed by atoms with Crippen molar-refractivity contribution in [2.45, 2.75) is 0 Å². The van der Waals surface area contributed by atoms with E-state index in [1.807, 2.05) is 24.4 Å². The van der Waals surface area contributed by atoms with E-state index in [2.05, 4.69) is 221 Å². The molecule has 0 saturated heterocycles. The summed E-state index contributed by atoms with van der Waals surface area (Å²) in [5.74, 6) is 0.784. The van der Waals surface area contributed by atoms with E-state index in [9.17, 15) is 5.26 Å². The molecule has 3 aromatic heterocycles. The van der Waals surface area contributed by atoms with Crippen LogP contribution in [-0.2, 0) is 0 Å². The first-order chi connectivity index (χ1) is 31.7. The van der Waals surface area contributed by atoms with Crippen LogP contribution in [0.3, 0.4) is 0 Å². The van der Waals surface area contributed by atoms with Crippen LogP contribution in [0.1, 0.15) is 5.56 Å². The van der Waals surface area contributed by atoms with E-state index >= 15 is 0 Å². The van der Waals surface area contributed by atoms with Gasteiger partial charge in [-0.1, -0.05) is 182 Å². The Morgan fingerprint density at radius 1 is 0.328 bits per heavy atom. The summed E-state index contributed by atoms with van der Waals surface area (Å²) in [5.41, 5.74) is 16.8. The molecule has 0 spiro atoms. The van der Waals surface area contributed by atoms with E-state index in [1.165, 1.54) is 0 Å². The van der Waals surface area contributed by atoms with Gasteiger partial charge in [0.25, 0.3) is 0 Å². The predicted molar refractivity (Wildman–Crippen MR) is 265 cm³/mol. The minimum atomic E-state index is 0.596. The molecule has 0 saturated carbocycles. The van der Waals surface area contributed by atoms with Crippen molar-refractivity contribution >= 4 is 43.6 Å². The van der Waals surface area contributed by atoms with Gasteiger partial charge in [-0.15, -0.1) is 0 Å². The minimum absolute atomic E-state index is 0.596. The summed E-state index contributed by atoms with van der Waals surface area (Å²) in [6.45, 7) is 0. The zero-order valence-electron chi connectivity index (χ0n) is 34.7. The highest BCUT2D eigenvalue weighted by Crippen LogP contribution is 2.42. The Morgan fingerprint density at radius 2 is 0.703 bits per heavy atom. The standard InChI is InChI=1S/C60H38N4/c61-38-40-14-13-23-49(32-40)54-37-60(64-57-35-47(43-19-9-3-10-20-43)26-30-52(57)53-31-27-48(36-58(53)64)44-21-11-4-12-22-44)62-39-59(54)63-55-33-45(41-15-5-1-6-16-41)24-28-50(55)51-29-25-46(34-56(51)63)42-17-7-2-8-18-42/h1-37,39H. The number of fused-ring (bicyclic) bond motifs is 6. The second-order valence-corrected chi connectivity index (χ2v) is 16.3. The molecule has 4 heteroatoms. The fourth-order valence-corrected chi connectivity index (χ4v) is 9.51. The largest absolute Gasteiger partial charge is 0.307 e. The summed E-state index contributed by atoms with van der Waals surface area (Å²) in [7, 11) is 0. The molecule has 0 aliphatic carbocycles. The van der Waals surface area contributed by atoms with Crippen LogP contribution in [0, 0.1) is 11.3 Å². The number of aromatic nitrogens is 3. The van der Waals surface area contributed by atoms with Crippen LogP contribution < -0.4 is 0 Å². The monoisotopic (exact) mass is 814 g/mol. The lowest BCUT2D eigenvalue weighted by Crippen LogP contribution is -2.04. The van der Waals surface area contributed by atoms with Crippen molar-refractivity contribution < 1.29 is 0 Å². The lowest BCUT2D eigenvalue weighted by atomic mass is 10.0. The summed E-state index contributed by atoms with van der Waals surface area (Å²) in [6, 6.07) is 81.9. The fraction of sp³-hybridized carbons (Fsp3) is 0. The molecule has 0 aliphatic heterocycles. The zero-order valence-corrected chi connectivity index (χ0v) is 34.7. The Labute approximate surface area is 370 Å². The Hall–Kier alpha value is -8.78. The van der Waals surface area contributed by atoms with Crippen molar-refractivity contribution in [2.24, 2.45) is 0 Å². The average Bonchev–Trinajstić information content (AvgIpc) is 3.88. The SMILES string of the molecule is N#Cc1cccc(-c2cc(-n3c4cc(-c5ccccc5)ccc4c4ccc(-c5ccccc5)cc43)ncc2-n2c3cc(-c4ccccc4)ccc3c3ccc(-c4ccccc4)cc32)c1. The van der Waals surface area contributed by atoms with Gasteiger partial charge in [0.2, 0.25) is 0 Å². The minimum Gasteiger partial charge on any atom is -0.307 e.